The minimum Gasteiger partial charge on any atom is -0.507 e. The number of piperazine rings is 1. The van der Waals surface area contributed by atoms with Crippen LogP contribution in [0.1, 0.15) is 18.5 Å². The Hall–Kier alpha value is -0.620. The Kier molecular flexibility index (Phi) is 7.59. The lowest BCUT2D eigenvalue weighted by atomic mass is 10.0. The summed E-state index contributed by atoms with van der Waals surface area (Å²) in [5.74, 6) is -1.75. The average Bonchev–Trinajstić information content (AvgIpc) is 2.28. The van der Waals surface area contributed by atoms with Gasteiger partial charge in [0.1, 0.15) is 17.4 Å². The van der Waals surface area contributed by atoms with E-state index in [0.29, 0.717) is 0 Å². The number of hydrogen-bond acceptors (Lipinski definition) is 3. The Morgan fingerprint density at radius 3 is 2.32 bits per heavy atom. The summed E-state index contributed by atoms with van der Waals surface area (Å²) in [7, 11) is 0. The van der Waals surface area contributed by atoms with Crippen molar-refractivity contribution in [2.24, 2.45) is 0 Å². The minimum atomic E-state index is -0.753. The van der Waals surface area contributed by atoms with Gasteiger partial charge in [-0.05, 0) is 6.92 Å². The summed E-state index contributed by atoms with van der Waals surface area (Å²) in [6.07, 6.45) is 0. The highest BCUT2D eigenvalue weighted by molar-refractivity contribution is 5.85. The predicted octanol–water partition coefficient (Wildman–Crippen LogP) is 2.48. The maximum Gasteiger partial charge on any atom is 0.134 e. The Labute approximate surface area is 123 Å². The fourth-order valence-corrected chi connectivity index (χ4v) is 2.24. The third-order valence-corrected chi connectivity index (χ3v) is 3.19. The molecule has 3 nitrogen and oxygen atoms in total. The molecule has 1 fully saturated rings. The van der Waals surface area contributed by atoms with E-state index < -0.39 is 11.6 Å². The second kappa shape index (κ2) is 7.85. The Bertz CT molecular complexity index is 392. The van der Waals surface area contributed by atoms with Gasteiger partial charge in [-0.3, -0.25) is 4.90 Å². The van der Waals surface area contributed by atoms with Gasteiger partial charge in [0.25, 0.3) is 0 Å². The number of phenols is 1. The molecule has 0 spiro atoms. The second-order valence-corrected chi connectivity index (χ2v) is 4.28. The third-order valence-electron chi connectivity index (χ3n) is 3.19. The van der Waals surface area contributed by atoms with Crippen LogP contribution in [0.3, 0.4) is 0 Å². The molecule has 0 unspecified atom stereocenters. The van der Waals surface area contributed by atoms with E-state index >= 15 is 0 Å². The van der Waals surface area contributed by atoms with E-state index in [2.05, 4.69) is 10.2 Å². The summed E-state index contributed by atoms with van der Waals surface area (Å²) in [6, 6.07) is 1.52. The molecule has 0 aromatic heterocycles. The van der Waals surface area contributed by atoms with Crippen molar-refractivity contribution in [2.75, 3.05) is 26.2 Å². The van der Waals surface area contributed by atoms with Gasteiger partial charge in [0, 0.05) is 49.9 Å². The Morgan fingerprint density at radius 2 is 1.79 bits per heavy atom. The van der Waals surface area contributed by atoms with Gasteiger partial charge in [-0.1, -0.05) is 0 Å². The topological polar surface area (TPSA) is 35.5 Å². The van der Waals surface area contributed by atoms with Gasteiger partial charge in [-0.15, -0.1) is 24.8 Å². The molecule has 1 aliphatic rings. The first-order valence-electron chi connectivity index (χ1n) is 5.72. The molecule has 2 rings (SSSR count). The summed E-state index contributed by atoms with van der Waals surface area (Å²) >= 11 is 0. The number of nitrogens with one attached hydrogen (secondary N) is 1. The number of aromatic hydroxyl groups is 1. The van der Waals surface area contributed by atoms with E-state index in [4.69, 9.17) is 0 Å². The van der Waals surface area contributed by atoms with Gasteiger partial charge in [0.2, 0.25) is 0 Å². The summed E-state index contributed by atoms with van der Waals surface area (Å²) < 4.78 is 26.6. The molecule has 110 valence electrons. The number of nitrogens with zero attached hydrogens (tertiary/aromatic N) is 1. The molecular weight excluding hydrogens is 297 g/mol. The van der Waals surface area contributed by atoms with Crippen molar-refractivity contribution in [3.05, 3.63) is 29.3 Å². The predicted molar refractivity (Wildman–Crippen MR) is 75.4 cm³/mol. The first-order valence-corrected chi connectivity index (χ1v) is 5.72. The van der Waals surface area contributed by atoms with Gasteiger partial charge in [-0.25, -0.2) is 8.78 Å². The highest BCUT2D eigenvalue weighted by Gasteiger charge is 2.23. The summed E-state index contributed by atoms with van der Waals surface area (Å²) in [6.45, 7) is 5.08. The Balaban J connectivity index is 0.00000162. The van der Waals surface area contributed by atoms with Crippen molar-refractivity contribution in [3.8, 4) is 5.75 Å². The molecule has 1 heterocycles. The molecule has 0 saturated carbocycles. The first kappa shape index (κ1) is 18.4. The Morgan fingerprint density at radius 1 is 1.21 bits per heavy atom. The molecule has 1 aliphatic heterocycles. The van der Waals surface area contributed by atoms with Gasteiger partial charge in [-0.2, -0.15) is 0 Å². The van der Waals surface area contributed by atoms with Crippen molar-refractivity contribution in [3.63, 3.8) is 0 Å². The molecule has 0 radical (unpaired) electrons. The van der Waals surface area contributed by atoms with E-state index in [1.807, 2.05) is 6.92 Å². The molecule has 0 amide bonds. The van der Waals surface area contributed by atoms with Crippen LogP contribution in [0.2, 0.25) is 0 Å². The van der Waals surface area contributed by atoms with Crippen LogP contribution in [-0.2, 0) is 0 Å². The van der Waals surface area contributed by atoms with Crippen LogP contribution in [0, 0.1) is 11.6 Å². The van der Waals surface area contributed by atoms with Gasteiger partial charge in [0.05, 0.1) is 0 Å². The van der Waals surface area contributed by atoms with Crippen molar-refractivity contribution in [1.29, 1.82) is 0 Å². The fourth-order valence-electron chi connectivity index (χ4n) is 2.24. The lowest BCUT2D eigenvalue weighted by Crippen LogP contribution is -2.44. The molecular formula is C12H18Cl2F2N2O. The van der Waals surface area contributed by atoms with Crippen molar-refractivity contribution >= 4 is 24.8 Å². The third kappa shape index (κ3) is 4.18. The summed E-state index contributed by atoms with van der Waals surface area (Å²) in [5, 5.41) is 12.9. The highest BCUT2D eigenvalue weighted by atomic mass is 35.5. The van der Waals surface area contributed by atoms with Crippen LogP contribution >= 0.6 is 24.8 Å². The van der Waals surface area contributed by atoms with Gasteiger partial charge < -0.3 is 10.4 Å². The maximum absolute atomic E-state index is 13.7. The van der Waals surface area contributed by atoms with Crippen molar-refractivity contribution in [1.82, 2.24) is 10.2 Å². The number of rotatable bonds is 2. The molecule has 1 aromatic carbocycles. The highest BCUT2D eigenvalue weighted by Crippen LogP contribution is 2.31. The normalized spacial score (nSPS) is 17.2. The quantitative estimate of drug-likeness (QED) is 0.880. The monoisotopic (exact) mass is 314 g/mol. The van der Waals surface area contributed by atoms with Crippen LogP contribution in [0.4, 0.5) is 8.78 Å². The van der Waals surface area contributed by atoms with Crippen molar-refractivity contribution in [2.45, 2.75) is 13.0 Å². The molecule has 0 aliphatic carbocycles. The fraction of sp³-hybridized carbons (Fsp3) is 0.500. The van der Waals surface area contributed by atoms with Crippen LogP contribution < -0.4 is 5.32 Å². The van der Waals surface area contributed by atoms with E-state index in [1.165, 1.54) is 0 Å². The molecule has 1 saturated heterocycles. The SMILES string of the molecule is C[C@H](c1c(O)cc(F)cc1F)N1CCNCC1.Cl.Cl. The average molecular weight is 315 g/mol. The number of hydrogen-bond donors (Lipinski definition) is 2. The summed E-state index contributed by atoms with van der Waals surface area (Å²) in [5.41, 5.74) is 0.174. The lowest BCUT2D eigenvalue weighted by Gasteiger charge is -2.33. The number of phenolic OH excluding ortho intramolecular Hbond substituents is 1. The molecule has 2 N–H and O–H groups in total. The number of halogens is 4. The first-order chi connectivity index (χ1) is 8.09. The van der Waals surface area contributed by atoms with Gasteiger partial charge in [0.15, 0.2) is 0 Å². The van der Waals surface area contributed by atoms with E-state index in [9.17, 15) is 13.9 Å². The van der Waals surface area contributed by atoms with Crippen LogP contribution in [0.5, 0.6) is 5.75 Å². The van der Waals surface area contributed by atoms with Crippen LogP contribution in [0.25, 0.3) is 0 Å². The standard InChI is InChI=1S/C12H16F2N2O.2ClH/c1-8(16-4-2-15-3-5-16)12-10(14)6-9(13)7-11(12)17;;/h6-8,15,17H,2-5H2,1H3;2*1H/t8-;;/m1../s1. The van der Waals surface area contributed by atoms with Crippen LogP contribution in [0.15, 0.2) is 12.1 Å². The lowest BCUT2D eigenvalue weighted by molar-refractivity contribution is 0.179. The van der Waals surface area contributed by atoms with Crippen molar-refractivity contribution < 1.29 is 13.9 Å². The molecule has 0 bridgehead atoms. The molecule has 7 heteroatoms. The molecule has 19 heavy (non-hydrogen) atoms. The zero-order valence-corrected chi connectivity index (χ0v) is 12.2. The summed E-state index contributed by atoms with van der Waals surface area (Å²) in [4.78, 5) is 2.06. The van der Waals surface area contributed by atoms with Gasteiger partial charge >= 0.3 is 0 Å². The minimum absolute atomic E-state index is 0. The zero-order valence-electron chi connectivity index (χ0n) is 10.5. The molecule has 1 aromatic rings. The molecule has 1 atom stereocenters. The number of benzene rings is 1. The maximum atomic E-state index is 13.7. The van der Waals surface area contributed by atoms with E-state index in [-0.39, 0.29) is 42.2 Å². The van der Waals surface area contributed by atoms with Crippen LogP contribution in [-0.4, -0.2) is 36.2 Å². The second-order valence-electron chi connectivity index (χ2n) is 4.28. The largest absolute Gasteiger partial charge is 0.507 e. The zero-order chi connectivity index (χ0) is 12.4. The van der Waals surface area contributed by atoms with E-state index in [0.717, 1.165) is 38.3 Å². The van der Waals surface area contributed by atoms with E-state index in [1.54, 1.807) is 0 Å². The smallest absolute Gasteiger partial charge is 0.134 e.